The molecule has 0 radical (unpaired) electrons. The monoisotopic (exact) mass is 519 g/mol. The van der Waals surface area contributed by atoms with Crippen molar-refractivity contribution < 1.29 is 0 Å². The fourth-order valence-electron chi connectivity index (χ4n) is 4.75. The van der Waals surface area contributed by atoms with Crippen LogP contribution in [0.25, 0.3) is 50.2 Å². The summed E-state index contributed by atoms with van der Waals surface area (Å²) >= 11 is 0. The highest BCUT2D eigenvalue weighted by Gasteiger charge is 2.32. The van der Waals surface area contributed by atoms with E-state index in [1.165, 1.54) is 55.4 Å². The normalized spacial score (nSPS) is 11.7. The zero-order valence-electron chi connectivity index (χ0n) is 19.2. The molecule has 15 heteroatoms. The molecule has 0 bridgehead atoms. The Balaban J connectivity index is 1.83. The summed E-state index contributed by atoms with van der Waals surface area (Å²) in [4.78, 5) is 106. The molecule has 1 aromatic carbocycles. The van der Waals surface area contributed by atoms with E-state index in [4.69, 9.17) is 0 Å². The first-order valence-electron chi connectivity index (χ1n) is 11.1. The van der Waals surface area contributed by atoms with Crippen molar-refractivity contribution in [2.75, 3.05) is 0 Å². The van der Waals surface area contributed by atoms with Crippen LogP contribution in [-0.4, -0.2) is 43.6 Å². The lowest BCUT2D eigenvalue weighted by Gasteiger charge is -1.95. The molecule has 0 aliphatic rings. The highest BCUT2D eigenvalue weighted by atomic mass is 16.2. The number of aromatic nitrogens is 9. The van der Waals surface area contributed by atoms with Gasteiger partial charge in [-0.25, -0.2) is 43.6 Å². The van der Waals surface area contributed by atoms with Gasteiger partial charge in [-0.1, -0.05) is 0 Å². The average Bonchev–Trinajstić information content (AvgIpc) is 3.48. The highest BCUT2D eigenvalue weighted by Crippen LogP contribution is 2.26. The van der Waals surface area contributed by atoms with E-state index in [0.29, 0.717) is 13.7 Å². The van der Waals surface area contributed by atoms with Crippen LogP contribution in [0.15, 0.2) is 84.1 Å². The van der Waals surface area contributed by atoms with Crippen LogP contribution in [0, 0.1) is 0 Å². The summed E-state index contributed by atoms with van der Waals surface area (Å²) < 4.78 is 1.72. The second-order valence-electron chi connectivity index (χ2n) is 8.23. The van der Waals surface area contributed by atoms with Gasteiger partial charge in [0.15, 0.2) is 0 Å². The Morgan fingerprint density at radius 3 is 0.692 bits per heavy atom. The Hall–Kier alpha value is -6.12. The highest BCUT2D eigenvalue weighted by molar-refractivity contribution is 6.25. The van der Waals surface area contributed by atoms with Gasteiger partial charge in [-0.2, -0.15) is 0 Å². The smallest absolute Gasteiger partial charge is 0.268 e. The molecule has 0 saturated heterocycles. The minimum absolute atomic E-state index is 0.328. The van der Waals surface area contributed by atoms with E-state index in [0.717, 1.165) is 0 Å². The molecule has 15 nitrogen and oxygen atoms in total. The Labute approximate surface area is 211 Å². The Kier molecular flexibility index (Phi) is 4.36. The third kappa shape index (κ3) is 2.74. The molecule has 7 rings (SSSR count). The topological polar surface area (TPSA) is 195 Å². The van der Waals surface area contributed by atoms with Crippen LogP contribution in [-0.2, 0) is 0 Å². The fourth-order valence-corrected chi connectivity index (χ4v) is 4.75. The third-order valence-electron chi connectivity index (χ3n) is 6.26. The molecule has 7 aromatic rings. The van der Waals surface area contributed by atoms with Crippen LogP contribution in [0.5, 0.6) is 0 Å². The SMILES string of the molecule is O=c1c2c3c(=O)n(-c4ncccn4)c(=O)c3c3c(=O)n(-c4ncccn4)c(=O)c3c2c(=O)n1-c1ncccn1. The standard InChI is InChI=1S/C24H9N9O6/c34-16-10-11(17(35)31(16)22-25-4-1-5-26-22)13-15(21(39)33(19(13)37)24-29-8-3-9-30-24)14-12(10)18(36)32(20(14)38)23-27-6-2-7-28-23/h1-9H. The van der Waals surface area contributed by atoms with Gasteiger partial charge in [0, 0.05) is 37.2 Å². The van der Waals surface area contributed by atoms with E-state index < -0.39 is 65.7 Å². The van der Waals surface area contributed by atoms with Gasteiger partial charge in [0.2, 0.25) is 17.8 Å². The van der Waals surface area contributed by atoms with Crippen molar-refractivity contribution in [3.63, 3.8) is 0 Å². The first-order chi connectivity index (χ1) is 18.9. The zero-order valence-corrected chi connectivity index (χ0v) is 19.2. The van der Waals surface area contributed by atoms with Crippen molar-refractivity contribution in [3.05, 3.63) is 118 Å². The minimum atomic E-state index is -1.05. The molecular formula is C24H9N9O6. The molecule has 39 heavy (non-hydrogen) atoms. The van der Waals surface area contributed by atoms with Gasteiger partial charge in [-0.3, -0.25) is 28.8 Å². The van der Waals surface area contributed by atoms with E-state index in [1.807, 2.05) is 0 Å². The number of benzene rings is 1. The number of rotatable bonds is 3. The molecule has 0 aliphatic carbocycles. The van der Waals surface area contributed by atoms with Crippen molar-refractivity contribution in [2.45, 2.75) is 0 Å². The fraction of sp³-hybridized carbons (Fsp3) is 0. The van der Waals surface area contributed by atoms with Crippen molar-refractivity contribution >= 4 is 32.3 Å². The zero-order chi connectivity index (χ0) is 27.0. The van der Waals surface area contributed by atoms with Gasteiger partial charge in [-0.15, -0.1) is 0 Å². The predicted octanol–water partition coefficient (Wildman–Crippen LogP) is -1.64. The number of hydrogen-bond acceptors (Lipinski definition) is 12. The number of fused-ring (bicyclic) bond motifs is 6. The average molecular weight is 519 g/mol. The second-order valence-corrected chi connectivity index (χ2v) is 8.23. The maximum atomic E-state index is 13.7. The van der Waals surface area contributed by atoms with E-state index in [1.54, 1.807) is 0 Å². The van der Waals surface area contributed by atoms with Crippen LogP contribution in [0.4, 0.5) is 0 Å². The Morgan fingerprint density at radius 2 is 0.513 bits per heavy atom. The molecule has 6 aromatic heterocycles. The van der Waals surface area contributed by atoms with Gasteiger partial charge in [-0.05, 0) is 18.2 Å². The van der Waals surface area contributed by atoms with Gasteiger partial charge in [0.05, 0.1) is 32.3 Å². The van der Waals surface area contributed by atoms with Gasteiger partial charge < -0.3 is 0 Å². The molecule has 0 N–H and O–H groups in total. The summed E-state index contributed by atoms with van der Waals surface area (Å²) in [6.45, 7) is 0. The lowest BCUT2D eigenvalue weighted by atomic mass is 10.0. The summed E-state index contributed by atoms with van der Waals surface area (Å²) in [5.74, 6) is -0.983. The van der Waals surface area contributed by atoms with Crippen LogP contribution < -0.4 is 33.4 Å². The summed E-state index contributed by atoms with van der Waals surface area (Å²) in [5, 5.41) is -3.19. The number of nitrogens with zero attached hydrogens (tertiary/aromatic N) is 9. The van der Waals surface area contributed by atoms with E-state index in [2.05, 4.69) is 29.9 Å². The molecule has 0 unspecified atom stereocenters. The van der Waals surface area contributed by atoms with E-state index >= 15 is 0 Å². The Bertz CT molecular complexity index is 2030. The van der Waals surface area contributed by atoms with Gasteiger partial charge >= 0.3 is 0 Å². The molecule has 0 fully saturated rings. The molecular weight excluding hydrogens is 510 g/mol. The van der Waals surface area contributed by atoms with Crippen LogP contribution >= 0.6 is 0 Å². The molecule has 0 spiro atoms. The second kappa shape index (κ2) is 7.69. The van der Waals surface area contributed by atoms with Crippen molar-refractivity contribution in [3.8, 4) is 17.8 Å². The van der Waals surface area contributed by atoms with E-state index in [-0.39, 0.29) is 17.8 Å². The molecule has 0 atom stereocenters. The van der Waals surface area contributed by atoms with E-state index in [9.17, 15) is 28.8 Å². The first kappa shape index (κ1) is 22.1. The summed E-state index contributed by atoms with van der Waals surface area (Å²) in [6, 6.07) is 4.37. The van der Waals surface area contributed by atoms with Gasteiger partial charge in [0.25, 0.3) is 33.4 Å². The van der Waals surface area contributed by atoms with Crippen molar-refractivity contribution in [1.82, 2.24) is 43.6 Å². The van der Waals surface area contributed by atoms with Gasteiger partial charge in [0.1, 0.15) is 0 Å². The van der Waals surface area contributed by atoms with Crippen molar-refractivity contribution in [1.29, 1.82) is 0 Å². The maximum Gasteiger partial charge on any atom is 0.269 e. The minimum Gasteiger partial charge on any atom is -0.268 e. The summed E-state index contributed by atoms with van der Waals surface area (Å²) in [7, 11) is 0. The van der Waals surface area contributed by atoms with Crippen LogP contribution in [0.2, 0.25) is 0 Å². The summed E-state index contributed by atoms with van der Waals surface area (Å²) in [6.07, 6.45) is 7.71. The van der Waals surface area contributed by atoms with Crippen molar-refractivity contribution in [2.24, 2.45) is 0 Å². The lowest BCUT2D eigenvalue weighted by Crippen LogP contribution is -2.26. The van der Waals surface area contributed by atoms with Crippen LogP contribution in [0.3, 0.4) is 0 Å². The van der Waals surface area contributed by atoms with Crippen LogP contribution in [0.1, 0.15) is 0 Å². The maximum absolute atomic E-state index is 13.7. The summed E-state index contributed by atoms with van der Waals surface area (Å²) in [5.41, 5.74) is -6.30. The largest absolute Gasteiger partial charge is 0.269 e. The lowest BCUT2D eigenvalue weighted by molar-refractivity contribution is 0.881. The third-order valence-corrected chi connectivity index (χ3v) is 6.26. The number of hydrogen-bond donors (Lipinski definition) is 0. The molecule has 6 heterocycles. The Morgan fingerprint density at radius 1 is 0.333 bits per heavy atom. The quantitative estimate of drug-likeness (QED) is 0.259. The first-order valence-corrected chi connectivity index (χ1v) is 11.1. The predicted molar refractivity (Wildman–Crippen MR) is 135 cm³/mol. The molecule has 0 amide bonds. The molecule has 186 valence electrons. The molecule has 0 saturated carbocycles. The molecule has 0 aliphatic heterocycles.